The van der Waals surface area contributed by atoms with Gasteiger partial charge < -0.3 is 5.32 Å². The second kappa shape index (κ2) is 3.30. The molecule has 0 radical (unpaired) electrons. The molecule has 68 valence electrons. The average molecular weight is 167 g/mol. The predicted octanol–water partition coefficient (Wildman–Crippen LogP) is 1.87. The maximum absolute atomic E-state index is 11.1. The van der Waals surface area contributed by atoms with Crippen LogP contribution in [0.1, 0.15) is 33.6 Å². The number of carbonyl (C=O) groups is 1. The van der Waals surface area contributed by atoms with Crippen LogP contribution < -0.4 is 5.32 Å². The first-order valence-electron chi connectivity index (χ1n) is 4.47. The lowest BCUT2D eigenvalue weighted by Crippen LogP contribution is -2.23. The molecule has 1 amide bonds. The molecule has 2 heteroatoms. The minimum atomic E-state index is 0.0485. The second-order valence-corrected chi connectivity index (χ2v) is 4.48. The number of hydrogen-bond donors (Lipinski definition) is 1. The number of amides is 1. The van der Waals surface area contributed by atoms with E-state index in [0.29, 0.717) is 6.04 Å². The molecular weight excluding hydrogens is 150 g/mol. The van der Waals surface area contributed by atoms with E-state index in [1.165, 1.54) is 0 Å². The maximum atomic E-state index is 11.1. The van der Waals surface area contributed by atoms with Crippen LogP contribution in [0.3, 0.4) is 0 Å². The zero-order chi connectivity index (χ0) is 9.19. The van der Waals surface area contributed by atoms with E-state index in [1.807, 2.05) is 6.08 Å². The van der Waals surface area contributed by atoms with Crippen molar-refractivity contribution in [3.63, 3.8) is 0 Å². The molecule has 0 aliphatic heterocycles. The van der Waals surface area contributed by atoms with Crippen molar-refractivity contribution in [3.05, 3.63) is 12.2 Å². The molecule has 12 heavy (non-hydrogen) atoms. The van der Waals surface area contributed by atoms with E-state index in [-0.39, 0.29) is 11.3 Å². The summed E-state index contributed by atoms with van der Waals surface area (Å²) in [6, 6.07) is 0.460. The van der Waals surface area contributed by atoms with E-state index in [1.54, 1.807) is 6.08 Å². The van der Waals surface area contributed by atoms with Crippen molar-refractivity contribution in [3.8, 4) is 0 Å². The molecule has 1 aliphatic rings. The van der Waals surface area contributed by atoms with E-state index in [0.717, 1.165) is 12.8 Å². The molecular formula is C10H17NO. The Bertz CT molecular complexity index is 196. The van der Waals surface area contributed by atoms with Gasteiger partial charge in [0.25, 0.3) is 0 Å². The first-order chi connectivity index (χ1) is 5.47. The van der Waals surface area contributed by atoms with Crippen molar-refractivity contribution >= 4 is 5.91 Å². The summed E-state index contributed by atoms with van der Waals surface area (Å²) in [5.74, 6) is 0.0485. The van der Waals surface area contributed by atoms with Crippen LogP contribution in [0.2, 0.25) is 0 Å². The first-order valence-corrected chi connectivity index (χ1v) is 4.47. The van der Waals surface area contributed by atoms with Gasteiger partial charge in [-0.1, -0.05) is 26.8 Å². The number of allylic oxidation sites excluding steroid dienone is 1. The highest BCUT2D eigenvalue weighted by Crippen LogP contribution is 2.19. The monoisotopic (exact) mass is 167 g/mol. The molecule has 1 rings (SSSR count). The minimum Gasteiger partial charge on any atom is -0.350 e. The Morgan fingerprint density at radius 1 is 1.42 bits per heavy atom. The molecule has 0 aromatic carbocycles. The average Bonchev–Trinajstić information content (AvgIpc) is 2.66. The van der Waals surface area contributed by atoms with Gasteiger partial charge in [-0.2, -0.15) is 0 Å². The molecule has 1 N–H and O–H groups in total. The molecule has 1 fully saturated rings. The number of nitrogens with one attached hydrogen (secondary N) is 1. The van der Waals surface area contributed by atoms with Crippen LogP contribution in [0.5, 0.6) is 0 Å². The Hall–Kier alpha value is -0.790. The summed E-state index contributed by atoms with van der Waals surface area (Å²) in [6.45, 7) is 6.23. The van der Waals surface area contributed by atoms with Gasteiger partial charge in [-0.05, 0) is 24.3 Å². The maximum Gasteiger partial charge on any atom is 0.243 e. The van der Waals surface area contributed by atoms with Crippen LogP contribution in [-0.2, 0) is 4.79 Å². The summed E-state index contributed by atoms with van der Waals surface area (Å²) in [5, 5.41) is 2.90. The van der Waals surface area contributed by atoms with Crippen LogP contribution in [0, 0.1) is 5.41 Å². The summed E-state index contributed by atoms with van der Waals surface area (Å²) in [7, 11) is 0. The van der Waals surface area contributed by atoms with Crippen molar-refractivity contribution in [2.75, 3.05) is 0 Å². The third-order valence-electron chi connectivity index (χ3n) is 1.66. The second-order valence-electron chi connectivity index (χ2n) is 4.48. The third kappa shape index (κ3) is 4.16. The fraction of sp³-hybridized carbons (Fsp3) is 0.700. The number of hydrogen-bond acceptors (Lipinski definition) is 1. The Kier molecular flexibility index (Phi) is 2.55. The minimum absolute atomic E-state index is 0.0485. The molecule has 0 atom stereocenters. The van der Waals surface area contributed by atoms with Gasteiger partial charge in [0.2, 0.25) is 5.91 Å². The zero-order valence-corrected chi connectivity index (χ0v) is 8.05. The Morgan fingerprint density at radius 2 is 2.00 bits per heavy atom. The smallest absolute Gasteiger partial charge is 0.243 e. The standard InChI is InChI=1S/C10H17NO/c1-10(2,3)7-6-9(12)11-8-4-5-8/h6-8H,4-5H2,1-3H3,(H,11,12)/b7-6+. The van der Waals surface area contributed by atoms with Crippen LogP contribution in [-0.4, -0.2) is 11.9 Å². The Balaban J connectivity index is 2.28. The third-order valence-corrected chi connectivity index (χ3v) is 1.66. The van der Waals surface area contributed by atoms with Gasteiger partial charge in [-0.3, -0.25) is 4.79 Å². The van der Waals surface area contributed by atoms with Crippen LogP contribution in [0.4, 0.5) is 0 Å². The van der Waals surface area contributed by atoms with E-state index in [9.17, 15) is 4.79 Å². The van der Waals surface area contributed by atoms with Crippen molar-refractivity contribution in [2.45, 2.75) is 39.7 Å². The lowest BCUT2D eigenvalue weighted by molar-refractivity contribution is -0.116. The highest BCUT2D eigenvalue weighted by atomic mass is 16.1. The largest absolute Gasteiger partial charge is 0.350 e. The lowest BCUT2D eigenvalue weighted by atomic mass is 9.96. The Morgan fingerprint density at radius 3 is 2.42 bits per heavy atom. The quantitative estimate of drug-likeness (QED) is 0.625. The van der Waals surface area contributed by atoms with E-state index in [2.05, 4.69) is 26.1 Å². The van der Waals surface area contributed by atoms with Crippen LogP contribution >= 0.6 is 0 Å². The van der Waals surface area contributed by atoms with Gasteiger partial charge in [-0.15, -0.1) is 0 Å². The van der Waals surface area contributed by atoms with E-state index < -0.39 is 0 Å². The predicted molar refractivity (Wildman–Crippen MR) is 49.8 cm³/mol. The Labute approximate surface area is 74.0 Å². The van der Waals surface area contributed by atoms with Gasteiger partial charge in [-0.25, -0.2) is 0 Å². The highest BCUT2D eigenvalue weighted by molar-refractivity contribution is 5.87. The summed E-state index contributed by atoms with van der Waals surface area (Å²) < 4.78 is 0. The molecule has 1 saturated carbocycles. The molecule has 0 saturated heterocycles. The first kappa shape index (κ1) is 9.30. The van der Waals surface area contributed by atoms with Gasteiger partial charge in [0.1, 0.15) is 0 Å². The van der Waals surface area contributed by atoms with Gasteiger partial charge in [0.05, 0.1) is 0 Å². The summed E-state index contributed by atoms with van der Waals surface area (Å²) in [6.07, 6.45) is 5.87. The van der Waals surface area contributed by atoms with E-state index >= 15 is 0 Å². The number of carbonyl (C=O) groups excluding carboxylic acids is 1. The topological polar surface area (TPSA) is 29.1 Å². The molecule has 2 nitrogen and oxygen atoms in total. The molecule has 0 unspecified atom stereocenters. The molecule has 0 bridgehead atoms. The fourth-order valence-corrected chi connectivity index (χ4v) is 0.803. The summed E-state index contributed by atoms with van der Waals surface area (Å²) >= 11 is 0. The van der Waals surface area contributed by atoms with Crippen molar-refractivity contribution in [2.24, 2.45) is 5.41 Å². The van der Waals surface area contributed by atoms with E-state index in [4.69, 9.17) is 0 Å². The fourth-order valence-electron chi connectivity index (χ4n) is 0.803. The zero-order valence-electron chi connectivity index (χ0n) is 8.05. The molecule has 0 heterocycles. The van der Waals surface area contributed by atoms with Crippen molar-refractivity contribution in [1.82, 2.24) is 5.32 Å². The summed E-state index contributed by atoms with van der Waals surface area (Å²) in [4.78, 5) is 11.1. The molecule has 1 aliphatic carbocycles. The molecule has 0 spiro atoms. The van der Waals surface area contributed by atoms with Crippen LogP contribution in [0.25, 0.3) is 0 Å². The molecule has 0 aromatic heterocycles. The van der Waals surface area contributed by atoms with Gasteiger partial charge >= 0.3 is 0 Å². The van der Waals surface area contributed by atoms with Crippen molar-refractivity contribution in [1.29, 1.82) is 0 Å². The van der Waals surface area contributed by atoms with Crippen LogP contribution in [0.15, 0.2) is 12.2 Å². The highest BCUT2D eigenvalue weighted by Gasteiger charge is 2.22. The van der Waals surface area contributed by atoms with Crippen molar-refractivity contribution < 1.29 is 4.79 Å². The number of rotatable bonds is 2. The van der Waals surface area contributed by atoms with Gasteiger partial charge in [0, 0.05) is 6.04 Å². The normalized spacial score (nSPS) is 18.2. The van der Waals surface area contributed by atoms with Gasteiger partial charge in [0.15, 0.2) is 0 Å². The lowest BCUT2D eigenvalue weighted by Gasteiger charge is -2.10. The molecule has 0 aromatic rings. The summed E-state index contributed by atoms with van der Waals surface area (Å²) in [5.41, 5.74) is 0.0981. The SMILES string of the molecule is CC(C)(C)/C=C/C(=O)NC1CC1.